The molecule has 0 aliphatic carbocycles. The molecule has 30 heavy (non-hydrogen) atoms. The summed E-state index contributed by atoms with van der Waals surface area (Å²) in [6, 6.07) is 9.05. The van der Waals surface area contributed by atoms with Gasteiger partial charge in [-0.25, -0.2) is 12.8 Å². The maximum absolute atomic E-state index is 13.3. The molecular weight excluding hydrogens is 411 g/mol. The van der Waals surface area contributed by atoms with Crippen LogP contribution in [0.15, 0.2) is 42.5 Å². The standard InChI is InChI=1S/C21H25FN2O5S/c1-4-18(24(30(3,26)27)17-8-6-16(22)7-9-17)21(25)23-14(2)15-5-10-19-20(13-15)29-12-11-28-19/h5-10,13-14,18H,4,11-12H2,1-3H3,(H,23,25)/t14-,18+/m0/s1. The largest absolute Gasteiger partial charge is 0.486 e. The molecule has 0 unspecified atom stereocenters. The lowest BCUT2D eigenvalue weighted by Gasteiger charge is -2.31. The summed E-state index contributed by atoms with van der Waals surface area (Å²) in [7, 11) is -3.79. The number of nitrogens with one attached hydrogen (secondary N) is 1. The number of amides is 1. The summed E-state index contributed by atoms with van der Waals surface area (Å²) >= 11 is 0. The van der Waals surface area contributed by atoms with Crippen molar-refractivity contribution in [2.24, 2.45) is 0 Å². The van der Waals surface area contributed by atoms with Gasteiger partial charge in [-0.1, -0.05) is 13.0 Å². The number of benzene rings is 2. The minimum Gasteiger partial charge on any atom is -0.486 e. The number of nitrogens with zero attached hydrogens (tertiary/aromatic N) is 1. The summed E-state index contributed by atoms with van der Waals surface area (Å²) in [5.41, 5.74) is 1.03. The van der Waals surface area contributed by atoms with Crippen LogP contribution >= 0.6 is 0 Å². The third kappa shape index (κ3) is 4.84. The quantitative estimate of drug-likeness (QED) is 0.721. The molecule has 1 amide bonds. The van der Waals surface area contributed by atoms with Gasteiger partial charge in [0.05, 0.1) is 18.0 Å². The smallest absolute Gasteiger partial charge is 0.244 e. The molecule has 3 rings (SSSR count). The molecule has 0 saturated heterocycles. The number of halogens is 1. The lowest BCUT2D eigenvalue weighted by Crippen LogP contribution is -2.49. The Kier molecular flexibility index (Phi) is 6.50. The van der Waals surface area contributed by atoms with Crippen LogP contribution in [-0.4, -0.2) is 39.8 Å². The Bertz CT molecular complexity index is 1010. The van der Waals surface area contributed by atoms with E-state index in [0.29, 0.717) is 24.7 Å². The topological polar surface area (TPSA) is 84.9 Å². The van der Waals surface area contributed by atoms with E-state index in [2.05, 4.69) is 5.32 Å². The van der Waals surface area contributed by atoms with Crippen molar-refractivity contribution in [3.8, 4) is 11.5 Å². The van der Waals surface area contributed by atoms with Gasteiger partial charge in [0.2, 0.25) is 15.9 Å². The fraction of sp³-hybridized carbons (Fsp3) is 0.381. The number of rotatable bonds is 7. The Balaban J connectivity index is 1.82. The zero-order valence-corrected chi connectivity index (χ0v) is 17.9. The molecule has 2 aromatic carbocycles. The number of carbonyl (C=O) groups excluding carboxylic acids is 1. The van der Waals surface area contributed by atoms with E-state index in [-0.39, 0.29) is 12.1 Å². The summed E-state index contributed by atoms with van der Waals surface area (Å²) in [6.45, 7) is 4.47. The molecule has 1 N–H and O–H groups in total. The third-order valence-electron chi connectivity index (χ3n) is 4.84. The van der Waals surface area contributed by atoms with Crippen LogP contribution in [0.4, 0.5) is 10.1 Å². The maximum Gasteiger partial charge on any atom is 0.244 e. The molecular formula is C21H25FN2O5S. The summed E-state index contributed by atoms with van der Waals surface area (Å²) in [6.07, 6.45) is 1.26. The van der Waals surface area contributed by atoms with Gasteiger partial charge in [0.15, 0.2) is 11.5 Å². The molecule has 0 bridgehead atoms. The van der Waals surface area contributed by atoms with Crippen LogP contribution in [0.2, 0.25) is 0 Å². The van der Waals surface area contributed by atoms with Gasteiger partial charge in [0.25, 0.3) is 0 Å². The van der Waals surface area contributed by atoms with Gasteiger partial charge < -0.3 is 14.8 Å². The van der Waals surface area contributed by atoms with E-state index in [9.17, 15) is 17.6 Å². The second-order valence-corrected chi connectivity index (χ2v) is 8.95. The first kappa shape index (κ1) is 21.9. The average molecular weight is 437 g/mol. The highest BCUT2D eigenvalue weighted by atomic mass is 32.2. The van der Waals surface area contributed by atoms with Gasteiger partial charge in [0, 0.05) is 0 Å². The summed E-state index contributed by atoms with van der Waals surface area (Å²) in [5, 5.41) is 2.87. The van der Waals surface area contributed by atoms with E-state index in [1.54, 1.807) is 26.0 Å². The van der Waals surface area contributed by atoms with Gasteiger partial charge in [-0.3, -0.25) is 9.10 Å². The van der Waals surface area contributed by atoms with Crippen LogP contribution in [0.1, 0.15) is 31.9 Å². The van der Waals surface area contributed by atoms with Gasteiger partial charge in [0.1, 0.15) is 25.1 Å². The van der Waals surface area contributed by atoms with Crippen LogP contribution < -0.4 is 19.1 Å². The second kappa shape index (κ2) is 8.91. The van der Waals surface area contributed by atoms with Gasteiger partial charge in [-0.05, 0) is 55.3 Å². The van der Waals surface area contributed by atoms with Crippen molar-refractivity contribution >= 4 is 21.6 Å². The first-order chi connectivity index (χ1) is 14.2. The minimum absolute atomic E-state index is 0.230. The van der Waals surface area contributed by atoms with Crippen LogP contribution in [-0.2, 0) is 14.8 Å². The molecule has 7 nitrogen and oxygen atoms in total. The van der Waals surface area contributed by atoms with Crippen molar-refractivity contribution in [3.05, 3.63) is 53.8 Å². The lowest BCUT2D eigenvalue weighted by molar-refractivity contribution is -0.122. The number of hydrogen-bond donors (Lipinski definition) is 1. The lowest BCUT2D eigenvalue weighted by atomic mass is 10.1. The van der Waals surface area contributed by atoms with Crippen molar-refractivity contribution in [3.63, 3.8) is 0 Å². The average Bonchev–Trinajstić information content (AvgIpc) is 2.71. The van der Waals surface area contributed by atoms with Crippen molar-refractivity contribution in [1.82, 2.24) is 5.32 Å². The van der Waals surface area contributed by atoms with E-state index in [1.165, 1.54) is 12.1 Å². The number of anilines is 1. The molecule has 0 saturated carbocycles. The van der Waals surface area contributed by atoms with Gasteiger partial charge in [-0.2, -0.15) is 0 Å². The Morgan fingerprint density at radius 2 is 1.77 bits per heavy atom. The Morgan fingerprint density at radius 1 is 1.13 bits per heavy atom. The predicted molar refractivity (Wildman–Crippen MR) is 112 cm³/mol. The number of carbonyl (C=O) groups is 1. The number of sulfonamides is 1. The molecule has 1 aliphatic rings. The second-order valence-electron chi connectivity index (χ2n) is 7.09. The van der Waals surface area contributed by atoms with Crippen molar-refractivity contribution in [2.75, 3.05) is 23.8 Å². The van der Waals surface area contributed by atoms with Crippen molar-refractivity contribution < 1.29 is 27.1 Å². The molecule has 0 fully saturated rings. The monoisotopic (exact) mass is 436 g/mol. The molecule has 1 aliphatic heterocycles. The molecule has 2 atom stereocenters. The van der Waals surface area contributed by atoms with Crippen LogP contribution in [0.3, 0.4) is 0 Å². The van der Waals surface area contributed by atoms with Crippen molar-refractivity contribution in [2.45, 2.75) is 32.4 Å². The zero-order valence-electron chi connectivity index (χ0n) is 17.1. The summed E-state index contributed by atoms with van der Waals surface area (Å²) < 4.78 is 50.3. The third-order valence-corrected chi connectivity index (χ3v) is 6.02. The highest BCUT2D eigenvalue weighted by Crippen LogP contribution is 2.32. The molecule has 9 heteroatoms. The van der Waals surface area contributed by atoms with Gasteiger partial charge in [-0.15, -0.1) is 0 Å². The normalized spacial score (nSPS) is 15.2. The molecule has 162 valence electrons. The van der Waals surface area contributed by atoms with E-state index in [0.717, 1.165) is 28.3 Å². The molecule has 2 aromatic rings. The highest BCUT2D eigenvalue weighted by molar-refractivity contribution is 7.92. The molecule has 1 heterocycles. The highest BCUT2D eigenvalue weighted by Gasteiger charge is 2.32. The molecule has 0 aromatic heterocycles. The Morgan fingerprint density at radius 3 is 2.37 bits per heavy atom. The zero-order chi connectivity index (χ0) is 21.9. The summed E-state index contributed by atoms with van der Waals surface area (Å²) in [5.74, 6) is 0.317. The van der Waals surface area contributed by atoms with E-state index < -0.39 is 33.8 Å². The van der Waals surface area contributed by atoms with Crippen LogP contribution in [0, 0.1) is 5.82 Å². The van der Waals surface area contributed by atoms with E-state index >= 15 is 0 Å². The first-order valence-corrected chi connectivity index (χ1v) is 11.5. The fourth-order valence-electron chi connectivity index (χ4n) is 3.37. The maximum atomic E-state index is 13.3. The van der Waals surface area contributed by atoms with E-state index in [1.807, 2.05) is 6.07 Å². The number of fused-ring (bicyclic) bond motifs is 1. The van der Waals surface area contributed by atoms with Crippen molar-refractivity contribution in [1.29, 1.82) is 0 Å². The molecule has 0 spiro atoms. The molecule has 0 radical (unpaired) electrons. The number of hydrogen-bond acceptors (Lipinski definition) is 5. The van der Waals surface area contributed by atoms with Crippen LogP contribution in [0.5, 0.6) is 11.5 Å². The minimum atomic E-state index is -3.79. The fourth-order valence-corrected chi connectivity index (χ4v) is 4.58. The number of ether oxygens (including phenoxy) is 2. The Hall–Kier alpha value is -2.81. The Labute approximate surface area is 175 Å². The first-order valence-electron chi connectivity index (χ1n) is 9.65. The van der Waals surface area contributed by atoms with E-state index in [4.69, 9.17) is 9.47 Å². The van der Waals surface area contributed by atoms with Crippen LogP contribution in [0.25, 0.3) is 0 Å². The van der Waals surface area contributed by atoms with Gasteiger partial charge >= 0.3 is 0 Å². The SMILES string of the molecule is CC[C@H](C(=O)N[C@@H](C)c1ccc2c(c1)OCCO2)N(c1ccc(F)cc1)S(C)(=O)=O. The predicted octanol–water partition coefficient (Wildman–Crippen LogP) is 3.02. The summed E-state index contributed by atoms with van der Waals surface area (Å²) in [4.78, 5) is 13.0.